The fourth-order valence-corrected chi connectivity index (χ4v) is 3.08. The number of hydrogen-bond acceptors (Lipinski definition) is 4. The first kappa shape index (κ1) is 25.1. The number of ether oxygens (including phenoxy) is 2. The number of nitrogens with zero attached hydrogens (tertiary/aromatic N) is 2. The highest BCUT2D eigenvalue weighted by Gasteiger charge is 2.17. The van der Waals surface area contributed by atoms with Crippen molar-refractivity contribution in [2.24, 2.45) is 4.99 Å². The Morgan fingerprint density at radius 2 is 1.89 bits per heavy atom. The van der Waals surface area contributed by atoms with E-state index in [1.165, 1.54) is 11.1 Å². The number of halogens is 1. The van der Waals surface area contributed by atoms with Gasteiger partial charge in [0.15, 0.2) is 5.96 Å². The zero-order valence-corrected chi connectivity index (χ0v) is 19.9. The molecule has 7 heteroatoms. The largest absolute Gasteiger partial charge is 0.379 e. The lowest BCUT2D eigenvalue weighted by atomic mass is 10.1. The average molecular weight is 504 g/mol. The first-order valence-corrected chi connectivity index (χ1v) is 10.2. The lowest BCUT2D eigenvalue weighted by molar-refractivity contribution is 0.0211. The summed E-state index contributed by atoms with van der Waals surface area (Å²) in [6, 6.07) is 8.84. The van der Waals surface area contributed by atoms with Gasteiger partial charge in [-0.25, -0.2) is 4.99 Å². The number of morpholine rings is 1. The molecule has 6 nitrogen and oxygen atoms in total. The van der Waals surface area contributed by atoms with Gasteiger partial charge in [0.05, 0.1) is 26.4 Å². The summed E-state index contributed by atoms with van der Waals surface area (Å²) < 4.78 is 11.2. The van der Waals surface area contributed by atoms with Crippen LogP contribution in [0.25, 0.3) is 0 Å². The standard InChI is InChI=1S/C21H36N4O2.HI/c1-4-12-27-17-20-9-7-6-8-19(20)16-24-21(22-5-2)23-15-18(3)25-10-13-26-14-11-25;/h6-9,18H,4-5,10-17H2,1-3H3,(H2,22,23,24);1H. The normalized spacial score (nSPS) is 16.3. The van der Waals surface area contributed by atoms with E-state index in [2.05, 4.69) is 60.6 Å². The Balaban J connectivity index is 0.00000392. The first-order chi connectivity index (χ1) is 13.2. The van der Waals surface area contributed by atoms with Gasteiger partial charge >= 0.3 is 0 Å². The molecule has 1 saturated heterocycles. The lowest BCUT2D eigenvalue weighted by Crippen LogP contribution is -2.49. The molecule has 1 fully saturated rings. The van der Waals surface area contributed by atoms with Crippen LogP contribution in [0.2, 0.25) is 0 Å². The summed E-state index contributed by atoms with van der Waals surface area (Å²) in [6.45, 7) is 13.9. The predicted octanol–water partition coefficient (Wildman–Crippen LogP) is 3.01. The van der Waals surface area contributed by atoms with Crippen molar-refractivity contribution in [3.05, 3.63) is 35.4 Å². The number of aliphatic imine (C=N–C) groups is 1. The van der Waals surface area contributed by atoms with Gasteiger partial charge in [-0.3, -0.25) is 4.90 Å². The van der Waals surface area contributed by atoms with Crippen molar-refractivity contribution in [1.82, 2.24) is 15.5 Å². The van der Waals surface area contributed by atoms with Crippen molar-refractivity contribution in [3.63, 3.8) is 0 Å². The fraction of sp³-hybridized carbons (Fsp3) is 0.667. The van der Waals surface area contributed by atoms with Gasteiger partial charge in [-0.05, 0) is 31.4 Å². The van der Waals surface area contributed by atoms with Crippen LogP contribution in [0.4, 0.5) is 0 Å². The van der Waals surface area contributed by atoms with Gasteiger partial charge in [0.1, 0.15) is 0 Å². The summed E-state index contributed by atoms with van der Waals surface area (Å²) in [4.78, 5) is 7.24. The molecule has 28 heavy (non-hydrogen) atoms. The van der Waals surface area contributed by atoms with Gasteiger partial charge in [0.2, 0.25) is 0 Å². The smallest absolute Gasteiger partial charge is 0.191 e. The monoisotopic (exact) mass is 504 g/mol. The van der Waals surface area contributed by atoms with Crippen LogP contribution in [0, 0.1) is 0 Å². The summed E-state index contributed by atoms with van der Waals surface area (Å²) >= 11 is 0. The van der Waals surface area contributed by atoms with Crippen LogP contribution in [-0.2, 0) is 22.6 Å². The summed E-state index contributed by atoms with van der Waals surface area (Å²) in [5, 5.41) is 6.83. The molecule has 1 heterocycles. The van der Waals surface area contributed by atoms with Gasteiger partial charge in [-0.1, -0.05) is 31.2 Å². The van der Waals surface area contributed by atoms with Gasteiger partial charge < -0.3 is 20.1 Å². The number of rotatable bonds is 10. The second-order valence-electron chi connectivity index (χ2n) is 6.89. The molecular formula is C21H37IN4O2. The maximum Gasteiger partial charge on any atom is 0.191 e. The maximum atomic E-state index is 5.71. The molecule has 1 atom stereocenters. The van der Waals surface area contributed by atoms with E-state index in [0.717, 1.165) is 58.4 Å². The third kappa shape index (κ3) is 9.07. The van der Waals surface area contributed by atoms with Crippen LogP contribution in [-0.4, -0.2) is 62.9 Å². The maximum absolute atomic E-state index is 5.71. The van der Waals surface area contributed by atoms with Crippen LogP contribution in [0.5, 0.6) is 0 Å². The minimum absolute atomic E-state index is 0. The quantitative estimate of drug-likeness (QED) is 0.222. The third-order valence-electron chi connectivity index (χ3n) is 4.71. The van der Waals surface area contributed by atoms with E-state index < -0.39 is 0 Å². The van der Waals surface area contributed by atoms with Crippen molar-refractivity contribution in [3.8, 4) is 0 Å². The van der Waals surface area contributed by atoms with Gasteiger partial charge in [0, 0.05) is 38.8 Å². The highest BCUT2D eigenvalue weighted by Crippen LogP contribution is 2.12. The molecule has 0 spiro atoms. The summed E-state index contributed by atoms with van der Waals surface area (Å²) in [5.41, 5.74) is 2.43. The molecule has 1 aliphatic rings. The van der Waals surface area contributed by atoms with Crippen LogP contribution in [0.1, 0.15) is 38.3 Å². The van der Waals surface area contributed by atoms with E-state index >= 15 is 0 Å². The molecule has 0 saturated carbocycles. The second kappa shape index (κ2) is 15.0. The van der Waals surface area contributed by atoms with Crippen molar-refractivity contribution in [2.45, 2.75) is 46.4 Å². The van der Waals surface area contributed by atoms with Crippen LogP contribution < -0.4 is 10.6 Å². The molecule has 1 aromatic rings. The Morgan fingerprint density at radius 1 is 1.18 bits per heavy atom. The second-order valence-corrected chi connectivity index (χ2v) is 6.89. The zero-order valence-electron chi connectivity index (χ0n) is 17.6. The minimum Gasteiger partial charge on any atom is -0.379 e. The SMILES string of the molecule is CCCOCc1ccccc1CN=C(NCC)NCC(C)N1CCOCC1.I. The molecule has 0 aromatic heterocycles. The van der Waals surface area contributed by atoms with E-state index in [1.807, 2.05) is 0 Å². The molecule has 0 aliphatic carbocycles. The van der Waals surface area contributed by atoms with Gasteiger partial charge in [-0.15, -0.1) is 24.0 Å². The topological polar surface area (TPSA) is 58.1 Å². The molecule has 1 unspecified atom stereocenters. The lowest BCUT2D eigenvalue weighted by Gasteiger charge is -2.32. The molecule has 1 aromatic carbocycles. The molecule has 0 amide bonds. The molecule has 0 radical (unpaired) electrons. The van der Waals surface area contributed by atoms with E-state index in [4.69, 9.17) is 14.5 Å². The summed E-state index contributed by atoms with van der Waals surface area (Å²) in [5.74, 6) is 0.863. The summed E-state index contributed by atoms with van der Waals surface area (Å²) in [6.07, 6.45) is 1.04. The molecule has 1 aliphatic heterocycles. The van der Waals surface area contributed by atoms with E-state index in [-0.39, 0.29) is 24.0 Å². The Kier molecular flexibility index (Phi) is 13.5. The third-order valence-corrected chi connectivity index (χ3v) is 4.71. The van der Waals surface area contributed by atoms with Crippen molar-refractivity contribution < 1.29 is 9.47 Å². The van der Waals surface area contributed by atoms with Crippen molar-refractivity contribution >= 4 is 29.9 Å². The Morgan fingerprint density at radius 3 is 2.57 bits per heavy atom. The zero-order chi connectivity index (χ0) is 19.3. The Labute approximate surface area is 187 Å². The average Bonchev–Trinajstić information content (AvgIpc) is 2.71. The van der Waals surface area contributed by atoms with Crippen LogP contribution >= 0.6 is 24.0 Å². The Bertz CT molecular complexity index is 565. The first-order valence-electron chi connectivity index (χ1n) is 10.2. The highest BCUT2D eigenvalue weighted by molar-refractivity contribution is 14.0. The van der Waals surface area contributed by atoms with Gasteiger partial charge in [-0.2, -0.15) is 0 Å². The number of guanidine groups is 1. The molecule has 0 bridgehead atoms. The van der Waals surface area contributed by atoms with E-state index in [1.54, 1.807) is 0 Å². The number of benzene rings is 1. The van der Waals surface area contributed by atoms with Gasteiger partial charge in [0.25, 0.3) is 0 Å². The molecule has 160 valence electrons. The predicted molar refractivity (Wildman–Crippen MR) is 126 cm³/mol. The minimum atomic E-state index is 0. The number of hydrogen-bond donors (Lipinski definition) is 2. The molecular weight excluding hydrogens is 467 g/mol. The van der Waals surface area contributed by atoms with Crippen LogP contribution in [0.3, 0.4) is 0 Å². The van der Waals surface area contributed by atoms with Crippen LogP contribution in [0.15, 0.2) is 29.3 Å². The van der Waals surface area contributed by atoms with E-state index in [9.17, 15) is 0 Å². The summed E-state index contributed by atoms with van der Waals surface area (Å²) in [7, 11) is 0. The van der Waals surface area contributed by atoms with E-state index in [0.29, 0.717) is 19.2 Å². The molecule has 2 rings (SSSR count). The fourth-order valence-electron chi connectivity index (χ4n) is 3.08. The highest BCUT2D eigenvalue weighted by atomic mass is 127. The van der Waals surface area contributed by atoms with Crippen molar-refractivity contribution in [1.29, 1.82) is 0 Å². The molecule has 2 N–H and O–H groups in total. The Hall–Kier alpha value is -0.900. The number of nitrogens with one attached hydrogen (secondary N) is 2. The van der Waals surface area contributed by atoms with Crippen molar-refractivity contribution in [2.75, 3.05) is 46.0 Å².